The number of aliphatic imine (C=N–C) groups is 1. The Bertz CT molecular complexity index is 736. The van der Waals surface area contributed by atoms with E-state index >= 15 is 0 Å². The normalized spacial score (nSPS) is 12.6. The first-order valence-electron chi connectivity index (χ1n) is 6.95. The Morgan fingerprint density at radius 3 is 2.59 bits per heavy atom. The molecule has 22 heavy (non-hydrogen) atoms. The highest BCUT2D eigenvalue weighted by molar-refractivity contribution is 6.37. The minimum absolute atomic E-state index is 0.260. The summed E-state index contributed by atoms with van der Waals surface area (Å²) in [6.07, 6.45) is 1.91. The van der Waals surface area contributed by atoms with E-state index in [1.807, 2.05) is 32.1 Å². The van der Waals surface area contributed by atoms with Crippen LogP contribution >= 0.6 is 23.2 Å². The van der Waals surface area contributed by atoms with Crippen molar-refractivity contribution in [1.29, 1.82) is 0 Å². The summed E-state index contributed by atoms with van der Waals surface area (Å²) in [7, 11) is 0. The van der Waals surface area contributed by atoms with Crippen LogP contribution in [0.5, 0.6) is 0 Å². The lowest BCUT2D eigenvalue weighted by Gasteiger charge is -2.08. The van der Waals surface area contributed by atoms with Gasteiger partial charge in [-0.15, -0.1) is 0 Å². The number of halogens is 3. The van der Waals surface area contributed by atoms with Crippen molar-refractivity contribution >= 4 is 34.5 Å². The third-order valence-corrected chi connectivity index (χ3v) is 3.72. The van der Waals surface area contributed by atoms with Crippen LogP contribution in [0.25, 0.3) is 5.57 Å². The summed E-state index contributed by atoms with van der Waals surface area (Å²) in [4.78, 5) is 4.49. The quantitative estimate of drug-likeness (QED) is 0.603. The average Bonchev–Trinajstić information content (AvgIpc) is 2.47. The van der Waals surface area contributed by atoms with Crippen molar-refractivity contribution in [3.63, 3.8) is 0 Å². The standard InChI is InChI=1S/C18H16Cl2FN/c1-3-22-18(16-8-7-14(19)11-17(16)20)9-12(2)13-5-4-6-15(21)10-13/h4-11H,3H2,1-2H3/b12-9+,22-18?. The number of benzene rings is 2. The van der Waals surface area contributed by atoms with Crippen LogP contribution in [0.1, 0.15) is 25.0 Å². The Morgan fingerprint density at radius 2 is 1.95 bits per heavy atom. The van der Waals surface area contributed by atoms with Gasteiger partial charge in [0, 0.05) is 17.1 Å². The van der Waals surface area contributed by atoms with Gasteiger partial charge in [-0.3, -0.25) is 4.99 Å². The van der Waals surface area contributed by atoms with E-state index in [1.165, 1.54) is 12.1 Å². The Balaban J connectivity index is 2.45. The molecule has 2 aromatic rings. The second-order valence-electron chi connectivity index (χ2n) is 4.82. The Hall–Kier alpha value is -1.64. The van der Waals surface area contributed by atoms with Crippen molar-refractivity contribution in [3.05, 3.63) is 75.5 Å². The van der Waals surface area contributed by atoms with Gasteiger partial charge in [0.05, 0.1) is 10.7 Å². The van der Waals surface area contributed by atoms with Crippen molar-refractivity contribution in [3.8, 4) is 0 Å². The second kappa shape index (κ2) is 7.57. The maximum Gasteiger partial charge on any atom is 0.123 e. The van der Waals surface area contributed by atoms with Gasteiger partial charge in [-0.2, -0.15) is 0 Å². The summed E-state index contributed by atoms with van der Waals surface area (Å²) >= 11 is 12.2. The molecule has 0 aliphatic heterocycles. The highest BCUT2D eigenvalue weighted by Crippen LogP contribution is 2.24. The molecule has 0 aliphatic carbocycles. The molecular formula is C18H16Cl2FN. The fourth-order valence-corrected chi connectivity index (χ4v) is 2.60. The van der Waals surface area contributed by atoms with E-state index in [0.29, 0.717) is 16.6 Å². The molecule has 2 aromatic carbocycles. The molecule has 0 saturated carbocycles. The van der Waals surface area contributed by atoms with Gasteiger partial charge in [-0.1, -0.05) is 35.3 Å². The third-order valence-electron chi connectivity index (χ3n) is 3.17. The topological polar surface area (TPSA) is 12.4 Å². The molecule has 0 bridgehead atoms. The van der Waals surface area contributed by atoms with Gasteiger partial charge in [0.25, 0.3) is 0 Å². The monoisotopic (exact) mass is 335 g/mol. The molecule has 0 unspecified atom stereocenters. The molecule has 0 aromatic heterocycles. The molecular weight excluding hydrogens is 320 g/mol. The zero-order chi connectivity index (χ0) is 16.1. The predicted octanol–water partition coefficient (Wildman–Crippen LogP) is 6.05. The van der Waals surface area contributed by atoms with Gasteiger partial charge in [0.1, 0.15) is 5.82 Å². The summed E-state index contributed by atoms with van der Waals surface area (Å²) in [5.74, 6) is -0.260. The highest BCUT2D eigenvalue weighted by atomic mass is 35.5. The van der Waals surface area contributed by atoms with Gasteiger partial charge < -0.3 is 0 Å². The lowest BCUT2D eigenvalue weighted by molar-refractivity contribution is 0.627. The van der Waals surface area contributed by atoms with Crippen molar-refractivity contribution in [2.24, 2.45) is 4.99 Å². The van der Waals surface area contributed by atoms with Crippen LogP contribution in [0.2, 0.25) is 10.0 Å². The molecule has 0 amide bonds. The first-order valence-corrected chi connectivity index (χ1v) is 7.71. The molecule has 0 N–H and O–H groups in total. The Labute approximate surface area is 140 Å². The fourth-order valence-electron chi connectivity index (χ4n) is 2.10. The summed E-state index contributed by atoms with van der Waals surface area (Å²) in [6, 6.07) is 11.8. The first kappa shape index (κ1) is 16.7. The average molecular weight is 336 g/mol. The Morgan fingerprint density at radius 1 is 1.18 bits per heavy atom. The van der Waals surface area contributed by atoms with Crippen LogP contribution in [0.15, 0.2) is 53.5 Å². The van der Waals surface area contributed by atoms with Crippen LogP contribution < -0.4 is 0 Å². The van der Waals surface area contributed by atoms with E-state index < -0.39 is 0 Å². The van der Waals surface area contributed by atoms with E-state index in [1.54, 1.807) is 18.2 Å². The molecule has 0 radical (unpaired) electrons. The molecule has 4 heteroatoms. The Kier molecular flexibility index (Phi) is 5.76. The lowest BCUT2D eigenvalue weighted by Crippen LogP contribution is -2.00. The largest absolute Gasteiger partial charge is 0.285 e. The van der Waals surface area contributed by atoms with Crippen LogP contribution in [0.4, 0.5) is 4.39 Å². The number of hydrogen-bond acceptors (Lipinski definition) is 1. The SMILES string of the molecule is CCN=C(/C=C(\C)c1cccc(F)c1)c1ccc(Cl)cc1Cl. The number of nitrogens with zero attached hydrogens (tertiary/aromatic N) is 1. The summed E-state index contributed by atoms with van der Waals surface area (Å²) < 4.78 is 13.4. The molecule has 114 valence electrons. The molecule has 1 nitrogen and oxygen atoms in total. The molecule has 0 atom stereocenters. The van der Waals surface area contributed by atoms with Crippen LogP contribution in [-0.4, -0.2) is 12.3 Å². The van der Waals surface area contributed by atoms with Crippen molar-refractivity contribution in [2.45, 2.75) is 13.8 Å². The van der Waals surface area contributed by atoms with Gasteiger partial charge >= 0.3 is 0 Å². The first-order chi connectivity index (χ1) is 10.5. The van der Waals surface area contributed by atoms with Crippen LogP contribution in [0.3, 0.4) is 0 Å². The van der Waals surface area contributed by atoms with Gasteiger partial charge in [-0.05, 0) is 61.4 Å². The lowest BCUT2D eigenvalue weighted by atomic mass is 10.0. The van der Waals surface area contributed by atoms with Crippen LogP contribution in [-0.2, 0) is 0 Å². The van der Waals surface area contributed by atoms with Crippen molar-refractivity contribution < 1.29 is 4.39 Å². The molecule has 0 heterocycles. The summed E-state index contributed by atoms with van der Waals surface area (Å²) in [5, 5.41) is 1.12. The molecule has 2 rings (SSSR count). The van der Waals surface area contributed by atoms with Crippen molar-refractivity contribution in [2.75, 3.05) is 6.54 Å². The number of hydrogen-bond donors (Lipinski definition) is 0. The predicted molar refractivity (Wildman–Crippen MR) is 93.6 cm³/mol. The van der Waals surface area contributed by atoms with Gasteiger partial charge in [0.2, 0.25) is 0 Å². The number of allylic oxidation sites excluding steroid dienone is 2. The summed E-state index contributed by atoms with van der Waals surface area (Å²) in [5.41, 5.74) is 3.29. The maximum absolute atomic E-state index is 13.4. The van der Waals surface area contributed by atoms with E-state index in [9.17, 15) is 4.39 Å². The molecule has 0 fully saturated rings. The third kappa shape index (κ3) is 4.19. The molecule has 0 aliphatic rings. The minimum atomic E-state index is -0.260. The smallest absolute Gasteiger partial charge is 0.123 e. The maximum atomic E-state index is 13.4. The zero-order valence-corrected chi connectivity index (χ0v) is 13.9. The van der Waals surface area contributed by atoms with E-state index in [-0.39, 0.29) is 5.82 Å². The van der Waals surface area contributed by atoms with E-state index in [0.717, 1.165) is 22.4 Å². The van der Waals surface area contributed by atoms with Crippen molar-refractivity contribution in [1.82, 2.24) is 0 Å². The molecule has 0 saturated heterocycles. The summed E-state index contributed by atoms with van der Waals surface area (Å²) in [6.45, 7) is 4.50. The highest BCUT2D eigenvalue weighted by Gasteiger charge is 2.08. The van der Waals surface area contributed by atoms with Gasteiger partial charge in [-0.25, -0.2) is 4.39 Å². The minimum Gasteiger partial charge on any atom is -0.285 e. The van der Waals surface area contributed by atoms with Gasteiger partial charge in [0.15, 0.2) is 0 Å². The van der Waals surface area contributed by atoms with E-state index in [2.05, 4.69) is 4.99 Å². The second-order valence-corrected chi connectivity index (χ2v) is 5.67. The number of rotatable bonds is 4. The zero-order valence-electron chi connectivity index (χ0n) is 12.4. The van der Waals surface area contributed by atoms with Crippen LogP contribution in [0, 0.1) is 5.82 Å². The van der Waals surface area contributed by atoms with E-state index in [4.69, 9.17) is 23.2 Å². The fraction of sp³-hybridized carbons (Fsp3) is 0.167. The molecule has 0 spiro atoms.